The molecule has 0 unspecified atom stereocenters. The van der Waals surface area contributed by atoms with Gasteiger partial charge in [-0.1, -0.05) is 15.9 Å². The smallest absolute Gasteiger partial charge is 0.328 e. The van der Waals surface area contributed by atoms with Crippen LogP contribution >= 0.6 is 15.9 Å². The normalized spacial score (nSPS) is 10.4. The molecule has 3 N–H and O–H groups in total. The van der Waals surface area contributed by atoms with Gasteiger partial charge in [-0.15, -0.1) is 0 Å². The molecule has 0 fully saturated rings. The van der Waals surface area contributed by atoms with Crippen LogP contribution in [0.1, 0.15) is 11.1 Å². The molecule has 2 aromatic rings. The Bertz CT molecular complexity index is 638. The molecule has 0 aliphatic carbocycles. The maximum absolute atomic E-state index is 5.72. The van der Waals surface area contributed by atoms with Crippen LogP contribution in [0.2, 0.25) is 0 Å². The molecule has 0 saturated carbocycles. The van der Waals surface area contributed by atoms with Crippen molar-refractivity contribution < 1.29 is 4.74 Å². The summed E-state index contributed by atoms with van der Waals surface area (Å²) >= 11 is 3.52. The summed E-state index contributed by atoms with van der Waals surface area (Å²) in [5, 5.41) is 0. The van der Waals surface area contributed by atoms with Crippen molar-refractivity contribution in [2.75, 3.05) is 24.4 Å². The number of nitrogen functional groups attached to an aromatic ring is 1. The highest BCUT2D eigenvalue weighted by molar-refractivity contribution is 9.10. The van der Waals surface area contributed by atoms with Gasteiger partial charge in [0.05, 0.1) is 0 Å². The van der Waals surface area contributed by atoms with E-state index < -0.39 is 0 Å². The van der Waals surface area contributed by atoms with Crippen molar-refractivity contribution in [1.82, 2.24) is 15.0 Å². The van der Waals surface area contributed by atoms with Crippen LogP contribution in [0.4, 0.5) is 11.9 Å². The molecule has 0 amide bonds. The Morgan fingerprint density at radius 1 is 1.14 bits per heavy atom. The van der Waals surface area contributed by atoms with E-state index >= 15 is 0 Å². The first kappa shape index (κ1) is 15.5. The van der Waals surface area contributed by atoms with Crippen LogP contribution < -0.4 is 20.9 Å². The van der Waals surface area contributed by atoms with Crippen LogP contribution in [0.25, 0.3) is 0 Å². The van der Waals surface area contributed by atoms with E-state index in [0.717, 1.165) is 15.6 Å². The molecule has 0 aliphatic rings. The van der Waals surface area contributed by atoms with Crippen LogP contribution in [0, 0.1) is 13.8 Å². The van der Waals surface area contributed by atoms with Gasteiger partial charge in [0.2, 0.25) is 11.9 Å². The van der Waals surface area contributed by atoms with E-state index in [9.17, 15) is 0 Å². The standard InChI is InChI=1S/C13H17BrN6O/c1-7-5-9(6-8(2)10(7)14)21-13-17-11(19-15)16-12(18-13)20(3)4/h5-6H,15H2,1-4H3,(H,16,17,18,19). The number of anilines is 2. The maximum atomic E-state index is 5.72. The number of nitrogens with two attached hydrogens (primary N) is 1. The predicted octanol–water partition coefficient (Wildman–Crippen LogP) is 2.39. The maximum Gasteiger partial charge on any atom is 0.328 e. The number of rotatable bonds is 4. The second kappa shape index (κ2) is 6.23. The number of nitrogens with one attached hydrogen (secondary N) is 1. The molecule has 0 bridgehead atoms. The fourth-order valence-electron chi connectivity index (χ4n) is 1.73. The molecule has 1 heterocycles. The number of ether oxygens (including phenoxy) is 1. The Kier molecular flexibility index (Phi) is 4.59. The summed E-state index contributed by atoms with van der Waals surface area (Å²) in [6.07, 6.45) is 0. The summed E-state index contributed by atoms with van der Waals surface area (Å²) in [7, 11) is 3.65. The SMILES string of the molecule is Cc1cc(Oc2nc(NN)nc(N(C)C)n2)cc(C)c1Br. The number of halogens is 1. The van der Waals surface area contributed by atoms with E-state index in [2.05, 4.69) is 36.3 Å². The fourth-order valence-corrected chi connectivity index (χ4v) is 1.96. The van der Waals surface area contributed by atoms with Crippen molar-refractivity contribution in [3.63, 3.8) is 0 Å². The summed E-state index contributed by atoms with van der Waals surface area (Å²) in [5.41, 5.74) is 4.55. The van der Waals surface area contributed by atoms with Crippen LogP contribution in [0.3, 0.4) is 0 Å². The predicted molar refractivity (Wildman–Crippen MR) is 85.7 cm³/mol. The summed E-state index contributed by atoms with van der Waals surface area (Å²) < 4.78 is 6.78. The van der Waals surface area contributed by atoms with Crippen LogP contribution in [0.5, 0.6) is 11.8 Å². The summed E-state index contributed by atoms with van der Waals surface area (Å²) in [4.78, 5) is 14.2. The zero-order valence-corrected chi connectivity index (χ0v) is 13.9. The third-order valence-electron chi connectivity index (χ3n) is 2.75. The molecule has 0 radical (unpaired) electrons. The van der Waals surface area contributed by atoms with Gasteiger partial charge in [-0.2, -0.15) is 15.0 Å². The molecule has 0 aliphatic heterocycles. The molecule has 1 aromatic heterocycles. The van der Waals surface area contributed by atoms with Gasteiger partial charge in [-0.25, -0.2) is 5.84 Å². The molecule has 7 nitrogen and oxygen atoms in total. The molecule has 0 saturated heterocycles. The number of hydrazine groups is 1. The lowest BCUT2D eigenvalue weighted by Crippen LogP contribution is -2.17. The summed E-state index contributed by atoms with van der Waals surface area (Å²) in [6.45, 7) is 3.99. The van der Waals surface area contributed by atoms with Crippen LogP contribution in [-0.4, -0.2) is 29.0 Å². The fraction of sp³-hybridized carbons (Fsp3) is 0.308. The molecular formula is C13H17BrN6O. The summed E-state index contributed by atoms with van der Waals surface area (Å²) in [6, 6.07) is 4.00. The number of hydrogen-bond acceptors (Lipinski definition) is 7. The monoisotopic (exact) mass is 352 g/mol. The minimum absolute atomic E-state index is 0.183. The lowest BCUT2D eigenvalue weighted by Gasteiger charge is -2.13. The molecule has 2 rings (SSSR count). The van der Waals surface area contributed by atoms with Crippen LogP contribution in [-0.2, 0) is 0 Å². The van der Waals surface area contributed by atoms with Gasteiger partial charge in [0.1, 0.15) is 5.75 Å². The highest BCUT2D eigenvalue weighted by atomic mass is 79.9. The van der Waals surface area contributed by atoms with Gasteiger partial charge in [0.25, 0.3) is 0 Å². The van der Waals surface area contributed by atoms with E-state index in [0.29, 0.717) is 11.7 Å². The van der Waals surface area contributed by atoms with E-state index in [1.807, 2.05) is 40.1 Å². The van der Waals surface area contributed by atoms with Crippen molar-refractivity contribution >= 4 is 27.8 Å². The van der Waals surface area contributed by atoms with Gasteiger partial charge in [-0.05, 0) is 37.1 Å². The first-order valence-corrected chi connectivity index (χ1v) is 7.04. The minimum atomic E-state index is 0.183. The Hall–Kier alpha value is -1.93. The Morgan fingerprint density at radius 3 is 2.29 bits per heavy atom. The van der Waals surface area contributed by atoms with Crippen molar-refractivity contribution in [2.45, 2.75) is 13.8 Å². The Labute approximate surface area is 131 Å². The highest BCUT2D eigenvalue weighted by Gasteiger charge is 2.11. The molecule has 0 spiro atoms. The van der Waals surface area contributed by atoms with Gasteiger partial charge in [0, 0.05) is 18.6 Å². The highest BCUT2D eigenvalue weighted by Crippen LogP contribution is 2.28. The number of aryl methyl sites for hydroxylation is 2. The Morgan fingerprint density at radius 2 is 1.76 bits per heavy atom. The van der Waals surface area contributed by atoms with Crippen molar-refractivity contribution in [3.05, 3.63) is 27.7 Å². The average molecular weight is 353 g/mol. The van der Waals surface area contributed by atoms with E-state index in [4.69, 9.17) is 10.6 Å². The first-order valence-electron chi connectivity index (χ1n) is 6.25. The van der Waals surface area contributed by atoms with Gasteiger partial charge in [-0.3, -0.25) is 5.43 Å². The number of nitrogens with zero attached hydrogens (tertiary/aromatic N) is 4. The largest absolute Gasteiger partial charge is 0.424 e. The lowest BCUT2D eigenvalue weighted by molar-refractivity contribution is 0.440. The van der Waals surface area contributed by atoms with E-state index in [1.165, 1.54) is 0 Å². The molecule has 21 heavy (non-hydrogen) atoms. The topological polar surface area (TPSA) is 89.2 Å². The Balaban J connectivity index is 2.37. The van der Waals surface area contributed by atoms with Gasteiger partial charge < -0.3 is 9.64 Å². The molecule has 0 atom stereocenters. The van der Waals surface area contributed by atoms with Crippen molar-refractivity contribution in [2.24, 2.45) is 5.84 Å². The number of benzene rings is 1. The minimum Gasteiger partial charge on any atom is -0.424 e. The third kappa shape index (κ3) is 3.59. The zero-order valence-electron chi connectivity index (χ0n) is 12.3. The summed E-state index contributed by atoms with van der Waals surface area (Å²) in [5.74, 6) is 6.73. The third-order valence-corrected chi connectivity index (χ3v) is 4.00. The first-order chi connectivity index (χ1) is 9.90. The average Bonchev–Trinajstić information content (AvgIpc) is 2.44. The number of hydrogen-bond donors (Lipinski definition) is 2. The molecule has 112 valence electrons. The second-order valence-electron chi connectivity index (χ2n) is 4.75. The zero-order chi connectivity index (χ0) is 15.6. The van der Waals surface area contributed by atoms with Crippen molar-refractivity contribution in [1.29, 1.82) is 0 Å². The van der Waals surface area contributed by atoms with Crippen LogP contribution in [0.15, 0.2) is 16.6 Å². The molecular weight excluding hydrogens is 336 g/mol. The van der Waals surface area contributed by atoms with E-state index in [-0.39, 0.29) is 12.0 Å². The van der Waals surface area contributed by atoms with Crippen molar-refractivity contribution in [3.8, 4) is 11.8 Å². The second-order valence-corrected chi connectivity index (χ2v) is 5.55. The van der Waals surface area contributed by atoms with Gasteiger partial charge >= 0.3 is 6.01 Å². The quantitative estimate of drug-likeness (QED) is 0.644. The van der Waals surface area contributed by atoms with E-state index in [1.54, 1.807) is 4.90 Å². The lowest BCUT2D eigenvalue weighted by atomic mass is 10.1. The van der Waals surface area contributed by atoms with Gasteiger partial charge in [0.15, 0.2) is 0 Å². The molecule has 1 aromatic carbocycles. The number of aromatic nitrogens is 3. The molecule has 8 heteroatoms.